The van der Waals surface area contributed by atoms with Crippen LogP contribution in [0.15, 0.2) is 36.5 Å². The van der Waals surface area contributed by atoms with Gasteiger partial charge in [-0.2, -0.15) is 0 Å². The normalized spacial score (nSPS) is 11.5. The molecule has 0 aliphatic rings. The van der Waals surface area contributed by atoms with Crippen LogP contribution >= 0.6 is 23.2 Å². The van der Waals surface area contributed by atoms with Crippen molar-refractivity contribution in [2.75, 3.05) is 0 Å². The number of halogens is 2. The third-order valence-corrected chi connectivity index (χ3v) is 3.20. The average molecular weight is 325 g/mol. The molecule has 1 heterocycles. The largest absolute Gasteiger partial charge is 0.437 e. The first-order valence-corrected chi connectivity index (χ1v) is 7.42. The zero-order chi connectivity index (χ0) is 15.5. The lowest BCUT2D eigenvalue weighted by Gasteiger charge is -2.20. The quantitative estimate of drug-likeness (QED) is 0.852. The highest BCUT2D eigenvalue weighted by atomic mass is 35.5. The van der Waals surface area contributed by atoms with E-state index in [0.29, 0.717) is 28.2 Å². The molecule has 0 amide bonds. The van der Waals surface area contributed by atoms with Crippen LogP contribution in [0.2, 0.25) is 10.0 Å². The van der Waals surface area contributed by atoms with Crippen LogP contribution in [0.3, 0.4) is 0 Å². The van der Waals surface area contributed by atoms with Crippen LogP contribution in [0, 0.1) is 0 Å². The molecule has 0 saturated heterocycles. The predicted molar refractivity (Wildman–Crippen MR) is 87.4 cm³/mol. The van der Waals surface area contributed by atoms with Crippen molar-refractivity contribution < 1.29 is 4.74 Å². The fraction of sp³-hybridized carbons (Fsp3) is 0.312. The first kappa shape index (κ1) is 16.1. The molecule has 1 aromatic heterocycles. The molecule has 21 heavy (non-hydrogen) atoms. The van der Waals surface area contributed by atoms with Crippen LogP contribution in [0.1, 0.15) is 26.3 Å². The van der Waals surface area contributed by atoms with E-state index in [9.17, 15) is 0 Å². The molecule has 0 radical (unpaired) electrons. The maximum Gasteiger partial charge on any atom is 0.238 e. The van der Waals surface area contributed by atoms with Crippen molar-refractivity contribution in [3.8, 4) is 11.6 Å². The van der Waals surface area contributed by atoms with Crippen LogP contribution < -0.4 is 10.1 Å². The van der Waals surface area contributed by atoms with Crippen molar-refractivity contribution in [1.29, 1.82) is 0 Å². The van der Waals surface area contributed by atoms with Crippen LogP contribution in [0.5, 0.6) is 11.6 Å². The van der Waals surface area contributed by atoms with Gasteiger partial charge in [0.2, 0.25) is 5.88 Å². The lowest BCUT2D eigenvalue weighted by Crippen LogP contribution is -2.35. The Morgan fingerprint density at radius 3 is 2.57 bits per heavy atom. The van der Waals surface area contributed by atoms with Gasteiger partial charge in [-0.3, -0.25) is 0 Å². The van der Waals surface area contributed by atoms with Crippen LogP contribution in [0.4, 0.5) is 0 Å². The molecule has 0 unspecified atom stereocenters. The Balaban J connectivity index is 2.09. The van der Waals surface area contributed by atoms with E-state index in [4.69, 9.17) is 27.9 Å². The van der Waals surface area contributed by atoms with Gasteiger partial charge in [-0.25, -0.2) is 4.98 Å². The molecular weight excluding hydrogens is 307 g/mol. The number of pyridine rings is 1. The van der Waals surface area contributed by atoms with E-state index in [2.05, 4.69) is 31.1 Å². The lowest BCUT2D eigenvalue weighted by atomic mass is 10.1. The highest BCUT2D eigenvalue weighted by molar-refractivity contribution is 6.32. The number of benzene rings is 1. The number of nitrogens with one attached hydrogen (secondary N) is 1. The molecule has 0 spiro atoms. The van der Waals surface area contributed by atoms with E-state index in [1.807, 2.05) is 12.1 Å². The van der Waals surface area contributed by atoms with E-state index in [1.54, 1.807) is 24.4 Å². The summed E-state index contributed by atoms with van der Waals surface area (Å²) in [6.07, 6.45) is 1.75. The topological polar surface area (TPSA) is 34.2 Å². The number of hydrogen-bond acceptors (Lipinski definition) is 3. The third-order valence-electron chi connectivity index (χ3n) is 2.70. The van der Waals surface area contributed by atoms with Gasteiger partial charge in [0.15, 0.2) is 0 Å². The van der Waals surface area contributed by atoms with Gasteiger partial charge in [-0.1, -0.05) is 29.3 Å². The Bertz CT molecular complexity index is 624. The van der Waals surface area contributed by atoms with E-state index in [1.165, 1.54) is 0 Å². The summed E-state index contributed by atoms with van der Waals surface area (Å²) < 4.78 is 5.64. The fourth-order valence-electron chi connectivity index (χ4n) is 1.65. The second kappa shape index (κ2) is 6.65. The lowest BCUT2D eigenvalue weighted by molar-refractivity contribution is 0.423. The SMILES string of the molecule is CC(C)(C)NCc1cnc(Oc2cccc(Cl)c2)c(Cl)c1. The van der Waals surface area contributed by atoms with Gasteiger partial charge in [-0.15, -0.1) is 0 Å². The van der Waals surface area contributed by atoms with Crippen molar-refractivity contribution in [3.05, 3.63) is 52.1 Å². The maximum atomic E-state index is 6.22. The van der Waals surface area contributed by atoms with Gasteiger partial charge in [0, 0.05) is 23.3 Å². The van der Waals surface area contributed by atoms with E-state index < -0.39 is 0 Å². The molecule has 112 valence electrons. The molecule has 2 rings (SSSR count). The molecule has 0 aliphatic carbocycles. The highest BCUT2D eigenvalue weighted by Gasteiger charge is 2.11. The summed E-state index contributed by atoms with van der Waals surface area (Å²) in [6.45, 7) is 7.03. The molecule has 1 N–H and O–H groups in total. The minimum Gasteiger partial charge on any atom is -0.437 e. The van der Waals surface area contributed by atoms with Crippen molar-refractivity contribution >= 4 is 23.2 Å². The first-order valence-electron chi connectivity index (χ1n) is 6.66. The predicted octanol–water partition coefficient (Wildman–Crippen LogP) is 5.07. The Morgan fingerprint density at radius 1 is 1.19 bits per heavy atom. The molecule has 0 bridgehead atoms. The number of rotatable bonds is 4. The molecular formula is C16H18Cl2N2O. The molecule has 0 saturated carbocycles. The number of aromatic nitrogens is 1. The number of ether oxygens (including phenoxy) is 1. The van der Waals surface area contributed by atoms with Gasteiger partial charge in [0.1, 0.15) is 10.8 Å². The second-order valence-corrected chi connectivity index (χ2v) is 6.64. The number of hydrogen-bond donors (Lipinski definition) is 1. The monoisotopic (exact) mass is 324 g/mol. The Labute approximate surface area is 135 Å². The van der Waals surface area contributed by atoms with Crippen LogP contribution in [0.25, 0.3) is 0 Å². The summed E-state index contributed by atoms with van der Waals surface area (Å²) in [4.78, 5) is 4.27. The summed E-state index contributed by atoms with van der Waals surface area (Å²) in [5.74, 6) is 0.982. The van der Waals surface area contributed by atoms with E-state index >= 15 is 0 Å². The van der Waals surface area contributed by atoms with Crippen LogP contribution in [-0.4, -0.2) is 10.5 Å². The third kappa shape index (κ3) is 5.20. The molecule has 0 atom stereocenters. The second-order valence-electron chi connectivity index (χ2n) is 5.79. The van der Waals surface area contributed by atoms with Gasteiger partial charge >= 0.3 is 0 Å². The minimum atomic E-state index is 0.0441. The molecule has 0 aliphatic heterocycles. The fourth-order valence-corrected chi connectivity index (χ4v) is 2.05. The van der Waals surface area contributed by atoms with E-state index in [-0.39, 0.29) is 5.54 Å². The van der Waals surface area contributed by atoms with Crippen molar-refractivity contribution in [2.45, 2.75) is 32.9 Å². The summed E-state index contributed by atoms with van der Waals surface area (Å²) in [5, 5.41) is 4.47. The maximum absolute atomic E-state index is 6.22. The highest BCUT2D eigenvalue weighted by Crippen LogP contribution is 2.29. The van der Waals surface area contributed by atoms with Crippen molar-refractivity contribution in [1.82, 2.24) is 10.3 Å². The minimum absolute atomic E-state index is 0.0441. The van der Waals surface area contributed by atoms with Gasteiger partial charge in [0.25, 0.3) is 0 Å². The standard InChI is InChI=1S/C16H18Cl2N2O/c1-16(2,3)20-10-11-7-14(18)15(19-9-11)21-13-6-4-5-12(17)8-13/h4-9,20H,10H2,1-3H3. The molecule has 3 nitrogen and oxygen atoms in total. The van der Waals surface area contributed by atoms with Gasteiger partial charge < -0.3 is 10.1 Å². The first-order chi connectivity index (χ1) is 9.83. The summed E-state index contributed by atoms with van der Waals surface area (Å²) >= 11 is 12.1. The number of nitrogens with zero attached hydrogens (tertiary/aromatic N) is 1. The molecule has 5 heteroatoms. The summed E-state index contributed by atoms with van der Waals surface area (Å²) in [6, 6.07) is 8.97. The van der Waals surface area contributed by atoms with Gasteiger partial charge in [-0.05, 0) is 50.6 Å². The molecule has 1 aromatic carbocycles. The summed E-state index contributed by atoms with van der Waals surface area (Å²) in [7, 11) is 0. The van der Waals surface area contributed by atoms with Gasteiger partial charge in [0.05, 0.1) is 0 Å². The molecule has 2 aromatic rings. The Morgan fingerprint density at radius 2 is 1.95 bits per heavy atom. The smallest absolute Gasteiger partial charge is 0.238 e. The molecule has 0 fully saturated rings. The summed E-state index contributed by atoms with van der Waals surface area (Å²) in [5.41, 5.74) is 1.05. The average Bonchev–Trinajstić information content (AvgIpc) is 2.38. The zero-order valence-corrected chi connectivity index (χ0v) is 13.8. The zero-order valence-electron chi connectivity index (χ0n) is 12.3. The Kier molecular flexibility index (Phi) is 5.09. The van der Waals surface area contributed by atoms with E-state index in [0.717, 1.165) is 5.56 Å². The Hall–Kier alpha value is -1.29. The van der Waals surface area contributed by atoms with Crippen LogP contribution in [-0.2, 0) is 6.54 Å². The van der Waals surface area contributed by atoms with Crippen molar-refractivity contribution in [2.24, 2.45) is 0 Å². The van der Waals surface area contributed by atoms with Crippen molar-refractivity contribution in [3.63, 3.8) is 0 Å².